The van der Waals surface area contributed by atoms with Crippen LogP contribution in [0.1, 0.15) is 70.5 Å². The first-order chi connectivity index (χ1) is 18.9. The van der Waals surface area contributed by atoms with E-state index >= 15 is 0 Å². The van der Waals surface area contributed by atoms with Crippen LogP contribution in [-0.4, -0.2) is 66.6 Å². The number of hydrogen-bond acceptors (Lipinski definition) is 11. The van der Waals surface area contributed by atoms with Gasteiger partial charge in [-0.25, -0.2) is 14.3 Å². The maximum Gasteiger partial charge on any atom is 0.427 e. The zero-order chi connectivity index (χ0) is 30.9. The zero-order valence-corrected chi connectivity index (χ0v) is 25.7. The summed E-state index contributed by atoms with van der Waals surface area (Å²) in [4.78, 5) is 40.4. The number of amides is 2. The molecule has 0 aliphatic heterocycles. The number of anilines is 1. The fourth-order valence-electron chi connectivity index (χ4n) is 3.98. The van der Waals surface area contributed by atoms with Crippen molar-refractivity contribution in [3.05, 3.63) is 33.9 Å². The van der Waals surface area contributed by atoms with Crippen LogP contribution in [0.2, 0.25) is 5.15 Å². The third-order valence-corrected chi connectivity index (χ3v) is 5.96. The molecular weight excluding hydrogens is 554 g/mol. The lowest BCUT2D eigenvalue weighted by molar-refractivity contribution is 0.0427. The second-order valence-corrected chi connectivity index (χ2v) is 11.9. The van der Waals surface area contributed by atoms with Gasteiger partial charge in [0.1, 0.15) is 28.3 Å². The molecule has 0 spiro atoms. The molecule has 0 saturated heterocycles. The number of rotatable bonds is 7. The topological polar surface area (TPSA) is 168 Å². The highest BCUT2D eigenvalue weighted by atomic mass is 35.5. The summed E-state index contributed by atoms with van der Waals surface area (Å²) < 4.78 is 18.0. The number of aliphatic hydroxyl groups is 1. The summed E-state index contributed by atoms with van der Waals surface area (Å²) in [6.07, 6.45) is -1.01. The number of pyridine rings is 1. The molecule has 3 aromatic heterocycles. The highest BCUT2D eigenvalue weighted by Crippen LogP contribution is 2.31. The SMILES string of the molecule is COc1c(C)cnc(Cn2nc(CCC(N)O)c3c(Cl)nc(N(C(=O)OC(C)(C)C)C(=O)OC(C)(C)C)nc32)c1C. The number of carbonyl (C=O) groups is 2. The number of nitrogens with zero attached hydrogens (tertiary/aromatic N) is 6. The second kappa shape index (κ2) is 12.1. The van der Waals surface area contributed by atoms with E-state index in [1.54, 1.807) is 54.8 Å². The Labute approximate surface area is 244 Å². The van der Waals surface area contributed by atoms with Crippen LogP contribution in [0, 0.1) is 13.8 Å². The summed E-state index contributed by atoms with van der Waals surface area (Å²) in [7, 11) is 1.58. The van der Waals surface area contributed by atoms with Gasteiger partial charge in [0.2, 0.25) is 5.95 Å². The van der Waals surface area contributed by atoms with Crippen LogP contribution >= 0.6 is 11.6 Å². The van der Waals surface area contributed by atoms with Gasteiger partial charge in [-0.3, -0.25) is 4.98 Å². The van der Waals surface area contributed by atoms with E-state index in [1.165, 1.54) is 4.68 Å². The van der Waals surface area contributed by atoms with Crippen LogP contribution in [-0.2, 0) is 22.4 Å². The van der Waals surface area contributed by atoms with Crippen molar-refractivity contribution in [1.29, 1.82) is 0 Å². The van der Waals surface area contributed by atoms with Crippen LogP contribution < -0.4 is 15.4 Å². The second-order valence-electron chi connectivity index (χ2n) is 11.6. The van der Waals surface area contributed by atoms with Gasteiger partial charge < -0.3 is 25.1 Å². The number of nitrogens with two attached hydrogens (primary N) is 1. The molecule has 0 aliphatic carbocycles. The van der Waals surface area contributed by atoms with E-state index in [1.807, 2.05) is 13.8 Å². The van der Waals surface area contributed by atoms with Gasteiger partial charge in [0, 0.05) is 17.3 Å². The standard InChI is InChI=1S/C27H38ClN7O6/c1-14-12-30-17(15(2)20(14)39-9)13-34-22-19(16(33-34)10-11-18(29)36)21(28)31-23(32-22)35(24(37)40-26(3,4)5)25(38)41-27(6,7)8/h12,18,36H,10-11,13,29H2,1-9H3. The van der Waals surface area contributed by atoms with Gasteiger partial charge in [-0.05, 0) is 68.2 Å². The number of imide groups is 1. The summed E-state index contributed by atoms with van der Waals surface area (Å²) in [6.45, 7) is 13.9. The van der Waals surface area contributed by atoms with Crippen LogP contribution in [0.5, 0.6) is 5.75 Å². The predicted molar refractivity (Wildman–Crippen MR) is 153 cm³/mol. The Bertz CT molecular complexity index is 1410. The van der Waals surface area contributed by atoms with Gasteiger partial charge in [-0.2, -0.15) is 15.1 Å². The first kappa shape index (κ1) is 32.0. The average Bonchev–Trinajstić information content (AvgIpc) is 3.15. The first-order valence-electron chi connectivity index (χ1n) is 13.0. The molecule has 3 aromatic rings. The molecule has 13 nitrogen and oxygen atoms in total. The highest BCUT2D eigenvalue weighted by Gasteiger charge is 2.36. The van der Waals surface area contributed by atoms with E-state index in [9.17, 15) is 14.7 Å². The monoisotopic (exact) mass is 591 g/mol. The number of halogens is 1. The quantitative estimate of drug-likeness (QED) is 0.294. The molecule has 14 heteroatoms. The number of aryl methyl sites for hydroxylation is 2. The van der Waals surface area contributed by atoms with E-state index in [-0.39, 0.29) is 36.1 Å². The molecule has 224 valence electrons. The van der Waals surface area contributed by atoms with Gasteiger partial charge >= 0.3 is 12.2 Å². The Kier molecular flexibility index (Phi) is 9.46. The van der Waals surface area contributed by atoms with Crippen molar-refractivity contribution in [1.82, 2.24) is 24.7 Å². The summed E-state index contributed by atoms with van der Waals surface area (Å²) in [5, 5.41) is 14.7. The van der Waals surface area contributed by atoms with Gasteiger partial charge in [-0.1, -0.05) is 11.6 Å². The van der Waals surface area contributed by atoms with E-state index in [2.05, 4.69) is 20.1 Å². The molecule has 0 bridgehead atoms. The van der Waals surface area contributed by atoms with E-state index < -0.39 is 29.6 Å². The van der Waals surface area contributed by atoms with Crippen molar-refractivity contribution in [3.63, 3.8) is 0 Å². The van der Waals surface area contributed by atoms with Crippen LogP contribution in [0.25, 0.3) is 11.0 Å². The molecular formula is C27H38ClN7O6. The molecule has 1 atom stereocenters. The van der Waals surface area contributed by atoms with Crippen molar-refractivity contribution in [2.24, 2.45) is 5.73 Å². The molecule has 0 fully saturated rings. The van der Waals surface area contributed by atoms with Crippen molar-refractivity contribution in [2.45, 2.75) is 92.2 Å². The molecule has 2 amide bonds. The Balaban J connectivity index is 2.23. The summed E-state index contributed by atoms with van der Waals surface area (Å²) >= 11 is 6.65. The van der Waals surface area contributed by atoms with E-state index in [4.69, 9.17) is 31.5 Å². The number of carbonyl (C=O) groups excluding carboxylic acids is 2. The lowest BCUT2D eigenvalue weighted by Crippen LogP contribution is -2.44. The predicted octanol–water partition coefficient (Wildman–Crippen LogP) is 4.43. The van der Waals surface area contributed by atoms with Crippen LogP contribution in [0.4, 0.5) is 15.5 Å². The third-order valence-electron chi connectivity index (χ3n) is 5.69. The molecule has 41 heavy (non-hydrogen) atoms. The average molecular weight is 592 g/mol. The number of aromatic nitrogens is 5. The van der Waals surface area contributed by atoms with E-state index in [0.29, 0.717) is 27.4 Å². The molecule has 0 saturated carbocycles. The van der Waals surface area contributed by atoms with Crippen LogP contribution in [0.3, 0.4) is 0 Å². The number of aliphatic hydroxyl groups excluding tert-OH is 1. The van der Waals surface area contributed by atoms with Gasteiger partial charge in [-0.15, -0.1) is 4.90 Å². The highest BCUT2D eigenvalue weighted by molar-refractivity contribution is 6.34. The maximum atomic E-state index is 13.2. The summed E-state index contributed by atoms with van der Waals surface area (Å²) in [5.74, 6) is 0.330. The molecule has 3 rings (SSSR count). The Morgan fingerprint density at radius 2 is 1.66 bits per heavy atom. The maximum absolute atomic E-state index is 13.2. The minimum atomic E-state index is -1.07. The number of ether oxygens (including phenoxy) is 3. The minimum absolute atomic E-state index is 0.0685. The molecule has 3 N–H and O–H groups in total. The molecule has 0 aliphatic rings. The number of hydrogen-bond donors (Lipinski definition) is 2. The van der Waals surface area contributed by atoms with E-state index in [0.717, 1.165) is 11.1 Å². The van der Waals surface area contributed by atoms with Crippen LogP contribution in [0.15, 0.2) is 6.20 Å². The molecule has 0 aromatic carbocycles. The Morgan fingerprint density at radius 1 is 1.07 bits per heavy atom. The third kappa shape index (κ3) is 7.80. The smallest absolute Gasteiger partial charge is 0.427 e. The van der Waals surface area contributed by atoms with Crippen molar-refractivity contribution >= 4 is 40.8 Å². The zero-order valence-electron chi connectivity index (χ0n) is 24.9. The van der Waals surface area contributed by atoms with Gasteiger partial charge in [0.25, 0.3) is 0 Å². The van der Waals surface area contributed by atoms with Crippen molar-refractivity contribution in [2.75, 3.05) is 12.0 Å². The van der Waals surface area contributed by atoms with Crippen molar-refractivity contribution < 1.29 is 28.9 Å². The normalized spacial score (nSPS) is 12.8. The summed E-state index contributed by atoms with van der Waals surface area (Å²) in [6, 6.07) is 0. The largest absolute Gasteiger partial charge is 0.496 e. The lowest BCUT2D eigenvalue weighted by Gasteiger charge is -2.27. The lowest BCUT2D eigenvalue weighted by atomic mass is 10.1. The number of methoxy groups -OCH3 is 1. The van der Waals surface area contributed by atoms with Gasteiger partial charge in [0.15, 0.2) is 5.65 Å². The Hall–Kier alpha value is -3.55. The van der Waals surface area contributed by atoms with Gasteiger partial charge in [0.05, 0.1) is 30.4 Å². The van der Waals surface area contributed by atoms with Crippen molar-refractivity contribution in [3.8, 4) is 5.75 Å². The fraction of sp³-hybridized carbons (Fsp3) is 0.556. The fourth-order valence-corrected chi connectivity index (χ4v) is 4.25. The molecule has 1 unspecified atom stereocenters. The Morgan fingerprint density at radius 3 is 2.17 bits per heavy atom. The first-order valence-corrected chi connectivity index (χ1v) is 13.4. The minimum Gasteiger partial charge on any atom is -0.496 e. The summed E-state index contributed by atoms with van der Waals surface area (Å²) in [5.41, 5.74) is 6.72. The molecule has 3 heterocycles. The molecule has 0 radical (unpaired) electrons. The number of fused-ring (bicyclic) bond motifs is 1.